The summed E-state index contributed by atoms with van der Waals surface area (Å²) in [5, 5.41) is 0. The Labute approximate surface area is 154 Å². The van der Waals surface area contributed by atoms with Crippen LogP contribution in [0.4, 0.5) is 0 Å². The maximum Gasteiger partial charge on any atom is 0.254 e. The molecule has 2 aromatic carbocycles. The molecule has 3 atom stereocenters. The SMILES string of the molecule is O=C(c1ccccc1)N1CC[C@@]2(Cl)CCCC[C@@H]2[C@H]1c1ccccc1. The number of fused-ring (bicyclic) bond motifs is 1. The van der Waals surface area contributed by atoms with Crippen LogP contribution in [-0.2, 0) is 0 Å². The second-order valence-corrected chi connectivity index (χ2v) is 8.11. The van der Waals surface area contributed by atoms with Gasteiger partial charge in [0.25, 0.3) is 5.91 Å². The van der Waals surface area contributed by atoms with Gasteiger partial charge in [0.15, 0.2) is 0 Å². The average molecular weight is 354 g/mol. The Bertz CT molecular complexity index is 732. The Morgan fingerprint density at radius 1 is 0.960 bits per heavy atom. The maximum absolute atomic E-state index is 13.2. The van der Waals surface area contributed by atoms with Gasteiger partial charge in [-0.25, -0.2) is 0 Å². The van der Waals surface area contributed by atoms with Crippen molar-refractivity contribution < 1.29 is 4.79 Å². The van der Waals surface area contributed by atoms with Gasteiger partial charge in [-0.15, -0.1) is 11.6 Å². The minimum Gasteiger partial charge on any atom is -0.331 e. The van der Waals surface area contributed by atoms with Crippen molar-refractivity contribution in [2.75, 3.05) is 6.54 Å². The highest BCUT2D eigenvalue weighted by Crippen LogP contribution is 2.52. The maximum atomic E-state index is 13.2. The van der Waals surface area contributed by atoms with Crippen molar-refractivity contribution in [3.63, 3.8) is 0 Å². The summed E-state index contributed by atoms with van der Waals surface area (Å²) in [7, 11) is 0. The highest BCUT2D eigenvalue weighted by atomic mass is 35.5. The summed E-state index contributed by atoms with van der Waals surface area (Å²) >= 11 is 7.10. The molecule has 3 heteroatoms. The molecule has 2 nitrogen and oxygen atoms in total. The smallest absolute Gasteiger partial charge is 0.254 e. The lowest BCUT2D eigenvalue weighted by molar-refractivity contribution is 0.0279. The first-order valence-electron chi connectivity index (χ1n) is 9.29. The molecular formula is C22H24ClNO. The van der Waals surface area contributed by atoms with Crippen LogP contribution in [0.3, 0.4) is 0 Å². The summed E-state index contributed by atoms with van der Waals surface area (Å²) in [6.07, 6.45) is 5.46. The summed E-state index contributed by atoms with van der Waals surface area (Å²) in [4.78, 5) is 15.2. The molecule has 0 aromatic heterocycles. The van der Waals surface area contributed by atoms with Crippen molar-refractivity contribution in [1.82, 2.24) is 4.90 Å². The molecule has 2 aliphatic rings. The number of rotatable bonds is 2. The molecule has 1 saturated carbocycles. The predicted octanol–water partition coefficient (Wildman–Crippen LogP) is 5.44. The quantitative estimate of drug-likeness (QED) is 0.658. The van der Waals surface area contributed by atoms with Crippen LogP contribution in [0.2, 0.25) is 0 Å². The van der Waals surface area contributed by atoms with E-state index in [1.165, 1.54) is 18.4 Å². The lowest BCUT2D eigenvalue weighted by Crippen LogP contribution is -2.53. The molecule has 1 aliphatic heterocycles. The molecule has 4 rings (SSSR count). The first-order valence-corrected chi connectivity index (χ1v) is 9.67. The van der Waals surface area contributed by atoms with Gasteiger partial charge < -0.3 is 4.90 Å². The Balaban J connectivity index is 1.74. The van der Waals surface area contributed by atoms with Gasteiger partial charge in [-0.1, -0.05) is 61.4 Å². The summed E-state index contributed by atoms with van der Waals surface area (Å²) < 4.78 is 0. The molecule has 0 radical (unpaired) electrons. The number of piperidine rings is 1. The zero-order valence-electron chi connectivity index (χ0n) is 14.4. The second-order valence-electron chi connectivity index (χ2n) is 7.36. The van der Waals surface area contributed by atoms with Crippen LogP contribution in [0, 0.1) is 5.92 Å². The van der Waals surface area contributed by atoms with E-state index >= 15 is 0 Å². The lowest BCUT2D eigenvalue weighted by Gasteiger charge is -2.52. The number of amides is 1. The van der Waals surface area contributed by atoms with E-state index in [9.17, 15) is 4.79 Å². The third-order valence-corrected chi connectivity index (χ3v) is 6.59. The third kappa shape index (κ3) is 3.08. The number of nitrogens with zero attached hydrogens (tertiary/aromatic N) is 1. The van der Waals surface area contributed by atoms with Crippen LogP contribution in [0.15, 0.2) is 60.7 Å². The molecule has 0 N–H and O–H groups in total. The largest absolute Gasteiger partial charge is 0.331 e. The van der Waals surface area contributed by atoms with Gasteiger partial charge in [-0.05, 0) is 37.0 Å². The molecule has 1 amide bonds. The standard InChI is InChI=1S/C22H24ClNO/c23-22-14-8-7-13-19(22)20(17-9-3-1-4-10-17)24(16-15-22)21(25)18-11-5-2-6-12-18/h1-6,9-12,19-20H,7-8,13-16H2/t19-,20-,22+/m1/s1. The summed E-state index contributed by atoms with van der Waals surface area (Å²) in [5.41, 5.74) is 1.98. The van der Waals surface area contributed by atoms with Crippen molar-refractivity contribution in [1.29, 1.82) is 0 Å². The van der Waals surface area contributed by atoms with Gasteiger partial charge in [0.2, 0.25) is 0 Å². The van der Waals surface area contributed by atoms with Gasteiger partial charge in [-0.3, -0.25) is 4.79 Å². The Hall–Kier alpha value is -1.80. The van der Waals surface area contributed by atoms with E-state index in [2.05, 4.69) is 29.2 Å². The first-order chi connectivity index (χ1) is 12.2. The molecule has 0 spiro atoms. The van der Waals surface area contributed by atoms with E-state index < -0.39 is 0 Å². The van der Waals surface area contributed by atoms with Crippen LogP contribution >= 0.6 is 11.6 Å². The van der Waals surface area contributed by atoms with Crippen molar-refractivity contribution in [2.24, 2.45) is 5.92 Å². The topological polar surface area (TPSA) is 20.3 Å². The van der Waals surface area contributed by atoms with Gasteiger partial charge in [-0.2, -0.15) is 0 Å². The van der Waals surface area contributed by atoms with Gasteiger partial charge in [0.1, 0.15) is 0 Å². The Morgan fingerprint density at radius 2 is 1.64 bits per heavy atom. The minimum atomic E-state index is -0.160. The molecule has 25 heavy (non-hydrogen) atoms. The second kappa shape index (κ2) is 6.84. The fraction of sp³-hybridized carbons (Fsp3) is 0.409. The van der Waals surface area contributed by atoms with E-state index in [4.69, 9.17) is 11.6 Å². The number of alkyl halides is 1. The van der Waals surface area contributed by atoms with Crippen LogP contribution in [0.5, 0.6) is 0 Å². The fourth-order valence-electron chi connectivity index (χ4n) is 4.68. The monoisotopic (exact) mass is 353 g/mol. The number of hydrogen-bond donors (Lipinski definition) is 0. The van der Waals surface area contributed by atoms with Crippen molar-refractivity contribution in [3.05, 3.63) is 71.8 Å². The molecule has 1 saturated heterocycles. The molecule has 1 aliphatic carbocycles. The average Bonchev–Trinajstić information content (AvgIpc) is 2.67. The minimum absolute atomic E-state index is 0.0699. The van der Waals surface area contributed by atoms with Crippen LogP contribution in [0.25, 0.3) is 0 Å². The highest BCUT2D eigenvalue weighted by molar-refractivity contribution is 6.24. The number of carbonyl (C=O) groups is 1. The number of likely N-dealkylation sites (tertiary alicyclic amines) is 1. The summed E-state index contributed by atoms with van der Waals surface area (Å²) in [6, 6.07) is 20.2. The van der Waals surface area contributed by atoms with Crippen LogP contribution in [-0.4, -0.2) is 22.2 Å². The molecule has 0 unspecified atom stereocenters. The normalized spacial score (nSPS) is 29.1. The molecule has 0 bridgehead atoms. The highest BCUT2D eigenvalue weighted by Gasteiger charge is 2.50. The summed E-state index contributed by atoms with van der Waals surface area (Å²) in [6.45, 7) is 0.729. The van der Waals surface area contributed by atoms with Crippen molar-refractivity contribution >= 4 is 17.5 Å². The summed E-state index contributed by atoms with van der Waals surface area (Å²) in [5.74, 6) is 0.450. The number of hydrogen-bond acceptors (Lipinski definition) is 1. The van der Waals surface area contributed by atoms with Crippen LogP contribution in [0.1, 0.15) is 54.1 Å². The molecule has 2 aromatic rings. The molecule has 1 heterocycles. The first kappa shape index (κ1) is 16.7. The molecular weight excluding hydrogens is 330 g/mol. The van der Waals surface area contributed by atoms with Gasteiger partial charge in [0, 0.05) is 18.0 Å². The third-order valence-electron chi connectivity index (χ3n) is 5.93. The van der Waals surface area contributed by atoms with E-state index in [1.54, 1.807) is 0 Å². The lowest BCUT2D eigenvalue weighted by atomic mass is 9.68. The predicted molar refractivity (Wildman–Crippen MR) is 102 cm³/mol. The fourth-order valence-corrected chi connectivity index (χ4v) is 5.12. The zero-order chi connectivity index (χ0) is 17.3. The Kier molecular flexibility index (Phi) is 4.56. The number of halogens is 1. The number of carbonyl (C=O) groups excluding carboxylic acids is 1. The Morgan fingerprint density at radius 3 is 2.36 bits per heavy atom. The zero-order valence-corrected chi connectivity index (χ0v) is 15.2. The van der Waals surface area contributed by atoms with E-state index in [-0.39, 0.29) is 16.8 Å². The van der Waals surface area contributed by atoms with Crippen LogP contribution < -0.4 is 0 Å². The van der Waals surface area contributed by atoms with E-state index in [1.807, 2.05) is 36.4 Å². The van der Waals surface area contributed by atoms with E-state index in [0.717, 1.165) is 31.4 Å². The van der Waals surface area contributed by atoms with Crippen molar-refractivity contribution in [2.45, 2.75) is 43.0 Å². The van der Waals surface area contributed by atoms with Gasteiger partial charge >= 0.3 is 0 Å². The van der Waals surface area contributed by atoms with Gasteiger partial charge in [0.05, 0.1) is 10.9 Å². The molecule has 2 fully saturated rings. The van der Waals surface area contributed by atoms with Crippen molar-refractivity contribution in [3.8, 4) is 0 Å². The molecule has 130 valence electrons. The number of benzene rings is 2. The van der Waals surface area contributed by atoms with E-state index in [0.29, 0.717) is 5.92 Å².